The van der Waals surface area contributed by atoms with Gasteiger partial charge in [-0.1, -0.05) is 45.4 Å². The van der Waals surface area contributed by atoms with Crippen molar-refractivity contribution in [3.8, 4) is 0 Å². The quantitative estimate of drug-likeness (QED) is 0.503. The number of carbonyl (C=O) groups is 1. The third kappa shape index (κ3) is 8.51. The average Bonchev–Trinajstić information content (AvgIpc) is 2.35. The molecule has 0 radical (unpaired) electrons. The fourth-order valence-corrected chi connectivity index (χ4v) is 2.48. The second-order valence-electron chi connectivity index (χ2n) is 5.27. The zero-order chi connectivity index (χ0) is 12.3. The maximum atomic E-state index is 11.6. The normalized spacial score (nSPS) is 16.1. The van der Waals surface area contributed by atoms with Crippen LogP contribution in [0.1, 0.15) is 84.0 Å². The maximum Gasteiger partial charge on any atom is 0.306 e. The zero-order valence-corrected chi connectivity index (χ0v) is 12.1. The molecule has 0 unspecified atom stereocenters. The van der Waals surface area contributed by atoms with Gasteiger partial charge in [0, 0.05) is 6.42 Å². The zero-order valence-electron chi connectivity index (χ0n) is 12.1. The molecule has 0 saturated heterocycles. The maximum absolute atomic E-state index is 11.6. The van der Waals surface area contributed by atoms with Crippen LogP contribution >= 0.6 is 0 Å². The molecule has 1 fully saturated rings. The summed E-state index contributed by atoms with van der Waals surface area (Å²) in [5.74, 6) is 0.0346. The molecule has 3 heteroatoms. The first kappa shape index (κ1) is 17.4. The first-order chi connectivity index (χ1) is 8.33. The van der Waals surface area contributed by atoms with Gasteiger partial charge in [0.2, 0.25) is 0 Å². The first-order valence-corrected chi connectivity index (χ1v) is 7.52. The number of esters is 1. The number of unbranched alkanes of at least 4 members (excludes halogenated alkanes) is 5. The highest BCUT2D eigenvalue weighted by Gasteiger charge is 2.17. The second kappa shape index (κ2) is 11.5. The van der Waals surface area contributed by atoms with Crippen LogP contribution in [0.25, 0.3) is 0 Å². The molecule has 0 heterocycles. The highest BCUT2D eigenvalue weighted by molar-refractivity contribution is 5.69. The molecule has 0 aromatic heterocycles. The number of hydrogen-bond acceptors (Lipinski definition) is 3. The van der Waals surface area contributed by atoms with E-state index < -0.39 is 0 Å². The van der Waals surface area contributed by atoms with E-state index in [4.69, 9.17) is 4.74 Å². The lowest BCUT2D eigenvalue weighted by Crippen LogP contribution is -2.20. The minimum absolute atomic E-state index is 0. The lowest BCUT2D eigenvalue weighted by atomic mass is 9.98. The molecular weight excluding hydrogens is 226 g/mol. The van der Waals surface area contributed by atoms with Crippen LogP contribution < -0.4 is 6.15 Å². The van der Waals surface area contributed by atoms with Crippen LogP contribution in [0.15, 0.2) is 0 Å². The highest BCUT2D eigenvalue weighted by atomic mass is 16.5. The fourth-order valence-electron chi connectivity index (χ4n) is 2.48. The summed E-state index contributed by atoms with van der Waals surface area (Å²) < 4.78 is 5.48. The molecule has 0 aliphatic heterocycles. The van der Waals surface area contributed by atoms with Crippen LogP contribution in [-0.2, 0) is 9.53 Å². The van der Waals surface area contributed by atoms with E-state index in [1.807, 2.05) is 0 Å². The molecule has 0 aromatic rings. The van der Waals surface area contributed by atoms with E-state index in [1.165, 1.54) is 51.4 Å². The summed E-state index contributed by atoms with van der Waals surface area (Å²) in [4.78, 5) is 11.6. The lowest BCUT2D eigenvalue weighted by molar-refractivity contribution is -0.150. The Hall–Kier alpha value is -0.570. The standard InChI is InChI=1S/C15H28O2.H3N/c1-2-3-4-5-6-10-13-15(16)17-14-11-8-7-9-12-14;/h14H,2-13H2,1H3;1H3. The van der Waals surface area contributed by atoms with Crippen molar-refractivity contribution in [3.63, 3.8) is 0 Å². The molecule has 0 spiro atoms. The minimum atomic E-state index is 0. The third-order valence-corrected chi connectivity index (χ3v) is 3.58. The van der Waals surface area contributed by atoms with E-state index in [1.54, 1.807) is 0 Å². The number of hydrogen-bond donors (Lipinski definition) is 1. The molecular formula is C15H31NO2. The van der Waals surface area contributed by atoms with Gasteiger partial charge < -0.3 is 10.9 Å². The van der Waals surface area contributed by atoms with Gasteiger partial charge in [-0.15, -0.1) is 0 Å². The molecule has 1 aliphatic rings. The molecule has 1 saturated carbocycles. The van der Waals surface area contributed by atoms with Crippen molar-refractivity contribution in [2.45, 2.75) is 90.1 Å². The monoisotopic (exact) mass is 257 g/mol. The molecule has 0 atom stereocenters. The number of rotatable bonds is 8. The molecule has 0 amide bonds. The lowest BCUT2D eigenvalue weighted by Gasteiger charge is -2.21. The third-order valence-electron chi connectivity index (χ3n) is 3.58. The van der Waals surface area contributed by atoms with Gasteiger partial charge in [-0.05, 0) is 32.1 Å². The molecule has 3 N–H and O–H groups in total. The van der Waals surface area contributed by atoms with Crippen LogP contribution in [0.4, 0.5) is 0 Å². The van der Waals surface area contributed by atoms with Crippen LogP contribution in [-0.4, -0.2) is 12.1 Å². The van der Waals surface area contributed by atoms with Crippen LogP contribution in [0, 0.1) is 0 Å². The van der Waals surface area contributed by atoms with Gasteiger partial charge in [-0.3, -0.25) is 4.79 Å². The summed E-state index contributed by atoms with van der Waals surface area (Å²) in [6, 6.07) is 0. The summed E-state index contributed by atoms with van der Waals surface area (Å²) in [5, 5.41) is 0. The van der Waals surface area contributed by atoms with Crippen LogP contribution in [0.2, 0.25) is 0 Å². The Bertz CT molecular complexity index is 201. The van der Waals surface area contributed by atoms with Crippen molar-refractivity contribution in [2.75, 3.05) is 0 Å². The molecule has 1 aliphatic carbocycles. The van der Waals surface area contributed by atoms with Gasteiger partial charge >= 0.3 is 5.97 Å². The first-order valence-electron chi connectivity index (χ1n) is 7.52. The summed E-state index contributed by atoms with van der Waals surface area (Å²) in [6.45, 7) is 2.22. The smallest absolute Gasteiger partial charge is 0.306 e. The van der Waals surface area contributed by atoms with Crippen molar-refractivity contribution >= 4 is 5.97 Å². The topological polar surface area (TPSA) is 61.3 Å². The summed E-state index contributed by atoms with van der Waals surface area (Å²) >= 11 is 0. The predicted octanol–water partition coefficient (Wildman–Crippen LogP) is 4.77. The van der Waals surface area contributed by atoms with E-state index in [0.717, 1.165) is 19.3 Å². The van der Waals surface area contributed by atoms with Crippen LogP contribution in [0.5, 0.6) is 0 Å². The summed E-state index contributed by atoms with van der Waals surface area (Å²) in [6.07, 6.45) is 14.2. The van der Waals surface area contributed by atoms with Gasteiger partial charge in [0.25, 0.3) is 0 Å². The fraction of sp³-hybridized carbons (Fsp3) is 0.933. The number of carbonyl (C=O) groups excluding carboxylic acids is 1. The van der Waals surface area contributed by atoms with Gasteiger partial charge in [0.15, 0.2) is 0 Å². The molecule has 0 aromatic carbocycles. The van der Waals surface area contributed by atoms with Crippen LogP contribution in [0.3, 0.4) is 0 Å². The van der Waals surface area contributed by atoms with E-state index in [0.29, 0.717) is 6.42 Å². The highest BCUT2D eigenvalue weighted by Crippen LogP contribution is 2.21. The van der Waals surface area contributed by atoms with Gasteiger partial charge in [-0.2, -0.15) is 0 Å². The Balaban J connectivity index is 0.00000289. The van der Waals surface area contributed by atoms with Gasteiger partial charge in [0.05, 0.1) is 0 Å². The van der Waals surface area contributed by atoms with Crippen molar-refractivity contribution in [1.82, 2.24) is 6.15 Å². The van der Waals surface area contributed by atoms with Crippen molar-refractivity contribution in [2.24, 2.45) is 0 Å². The van der Waals surface area contributed by atoms with E-state index in [-0.39, 0.29) is 18.2 Å². The second-order valence-corrected chi connectivity index (χ2v) is 5.27. The van der Waals surface area contributed by atoms with Crippen molar-refractivity contribution in [3.05, 3.63) is 0 Å². The molecule has 0 bridgehead atoms. The molecule has 18 heavy (non-hydrogen) atoms. The van der Waals surface area contributed by atoms with E-state index >= 15 is 0 Å². The predicted molar refractivity (Wildman–Crippen MR) is 76.0 cm³/mol. The Morgan fingerprint density at radius 3 is 2.28 bits per heavy atom. The van der Waals surface area contributed by atoms with Crippen molar-refractivity contribution in [1.29, 1.82) is 0 Å². The Labute approximate surface area is 112 Å². The summed E-state index contributed by atoms with van der Waals surface area (Å²) in [7, 11) is 0. The molecule has 108 valence electrons. The number of ether oxygens (including phenoxy) is 1. The molecule has 3 nitrogen and oxygen atoms in total. The SMILES string of the molecule is CCCCCCCCC(=O)OC1CCCCC1.N. The van der Waals surface area contributed by atoms with E-state index in [2.05, 4.69) is 6.92 Å². The Kier molecular flexibility index (Phi) is 11.2. The van der Waals surface area contributed by atoms with E-state index in [9.17, 15) is 4.79 Å². The Morgan fingerprint density at radius 2 is 1.61 bits per heavy atom. The Morgan fingerprint density at radius 1 is 1.00 bits per heavy atom. The molecule has 1 rings (SSSR count). The largest absolute Gasteiger partial charge is 0.462 e. The van der Waals surface area contributed by atoms with Crippen molar-refractivity contribution < 1.29 is 9.53 Å². The average molecular weight is 257 g/mol. The minimum Gasteiger partial charge on any atom is -0.462 e. The van der Waals surface area contributed by atoms with Gasteiger partial charge in [0.1, 0.15) is 6.10 Å². The van der Waals surface area contributed by atoms with Gasteiger partial charge in [-0.25, -0.2) is 0 Å². The summed E-state index contributed by atoms with van der Waals surface area (Å²) in [5.41, 5.74) is 0.